The van der Waals surface area contributed by atoms with Crippen LogP contribution in [0.1, 0.15) is 6.42 Å². The molecule has 0 amide bonds. The molecule has 0 aromatic rings. The molecule has 2 rings (SSSR count). The van der Waals surface area contributed by atoms with Gasteiger partial charge < -0.3 is 0 Å². The molecule has 0 fully saturated rings. The molecule has 1 aliphatic heterocycles. The highest BCUT2D eigenvalue weighted by molar-refractivity contribution is 6.09. The van der Waals surface area contributed by atoms with Crippen molar-refractivity contribution in [1.29, 1.82) is 0 Å². The first-order chi connectivity index (χ1) is 4.47. The second kappa shape index (κ2) is 1.65. The Kier molecular flexibility index (Phi) is 0.859. The van der Waals surface area contributed by atoms with E-state index in [4.69, 9.17) is 0 Å². The smallest absolute Gasteiger partial charge is 0.198 e. The Morgan fingerprint density at radius 2 is 2.56 bits per heavy atom. The van der Waals surface area contributed by atoms with Crippen LogP contribution in [-0.2, 0) is 0 Å². The summed E-state index contributed by atoms with van der Waals surface area (Å²) in [5, 5.41) is 0. The van der Waals surface area contributed by atoms with Crippen LogP contribution >= 0.6 is 0 Å². The van der Waals surface area contributed by atoms with E-state index in [-0.39, 0.29) is 0 Å². The third kappa shape index (κ3) is 0.633. The van der Waals surface area contributed by atoms with Crippen LogP contribution in [0.5, 0.6) is 0 Å². The van der Waals surface area contributed by atoms with Gasteiger partial charge >= 0.3 is 0 Å². The van der Waals surface area contributed by atoms with Gasteiger partial charge in [0, 0.05) is 6.42 Å². The zero-order chi connectivity index (χ0) is 6.10. The second-order valence-electron chi connectivity index (χ2n) is 1.95. The SMILES string of the molecule is [C]1=NC2=CC=CCC2=N1. The Morgan fingerprint density at radius 1 is 1.56 bits per heavy atom. The predicted octanol–water partition coefficient (Wildman–Crippen LogP) is 1.19. The molecule has 1 aliphatic carbocycles. The van der Waals surface area contributed by atoms with Crippen LogP contribution in [0.25, 0.3) is 0 Å². The van der Waals surface area contributed by atoms with Crippen LogP contribution in [-0.4, -0.2) is 12.1 Å². The van der Waals surface area contributed by atoms with Crippen LogP contribution in [0, 0.1) is 0 Å². The standard InChI is InChI=1S/C7H5N2/c1-2-4-7-6(3-1)8-5-9-7/h1-3H,4H2. The molecule has 1 heterocycles. The van der Waals surface area contributed by atoms with Crippen molar-refractivity contribution in [2.24, 2.45) is 9.98 Å². The van der Waals surface area contributed by atoms with Gasteiger partial charge in [-0.25, -0.2) is 9.98 Å². The fraction of sp³-hybridized carbons (Fsp3) is 0.143. The van der Waals surface area contributed by atoms with E-state index in [0.29, 0.717) is 0 Å². The lowest BCUT2D eigenvalue weighted by atomic mass is 10.1. The van der Waals surface area contributed by atoms with Crippen LogP contribution in [0.15, 0.2) is 33.9 Å². The van der Waals surface area contributed by atoms with Crippen molar-refractivity contribution in [1.82, 2.24) is 0 Å². The highest BCUT2D eigenvalue weighted by Gasteiger charge is 2.09. The van der Waals surface area contributed by atoms with Gasteiger partial charge in [0.05, 0.1) is 11.4 Å². The minimum atomic E-state index is 0.905. The monoisotopic (exact) mass is 117 g/mol. The number of hydrogen-bond acceptors (Lipinski definition) is 2. The van der Waals surface area contributed by atoms with Gasteiger partial charge in [0.1, 0.15) is 0 Å². The topological polar surface area (TPSA) is 24.7 Å². The minimum absolute atomic E-state index is 0.905. The molecule has 0 saturated carbocycles. The minimum Gasteiger partial charge on any atom is -0.228 e. The summed E-state index contributed by atoms with van der Waals surface area (Å²) in [5.41, 5.74) is 2.01. The summed E-state index contributed by atoms with van der Waals surface area (Å²) in [6, 6.07) is 0. The van der Waals surface area contributed by atoms with E-state index in [1.807, 2.05) is 12.2 Å². The molecule has 9 heavy (non-hydrogen) atoms. The Labute approximate surface area is 53.3 Å². The molecule has 0 atom stereocenters. The van der Waals surface area contributed by atoms with E-state index in [0.717, 1.165) is 17.8 Å². The summed E-state index contributed by atoms with van der Waals surface area (Å²) in [7, 11) is 0. The molecular formula is C7H5N2. The van der Waals surface area contributed by atoms with Crippen molar-refractivity contribution in [3.8, 4) is 0 Å². The summed E-state index contributed by atoms with van der Waals surface area (Å²) in [5.74, 6) is 0. The molecule has 2 nitrogen and oxygen atoms in total. The maximum Gasteiger partial charge on any atom is 0.198 e. The highest BCUT2D eigenvalue weighted by Crippen LogP contribution is 2.13. The van der Waals surface area contributed by atoms with Crippen molar-refractivity contribution in [2.75, 3.05) is 0 Å². The molecule has 0 aromatic carbocycles. The van der Waals surface area contributed by atoms with Gasteiger partial charge in [-0.1, -0.05) is 12.2 Å². The second-order valence-corrected chi connectivity index (χ2v) is 1.95. The Bertz CT molecular complexity index is 244. The van der Waals surface area contributed by atoms with E-state index in [9.17, 15) is 0 Å². The van der Waals surface area contributed by atoms with Crippen LogP contribution in [0.3, 0.4) is 0 Å². The first-order valence-electron chi connectivity index (χ1n) is 2.86. The van der Waals surface area contributed by atoms with Gasteiger partial charge in [0.15, 0.2) is 6.34 Å². The average Bonchev–Trinajstić information content (AvgIpc) is 2.33. The summed E-state index contributed by atoms with van der Waals surface area (Å²) in [4.78, 5) is 7.85. The normalized spacial score (nSPS) is 21.3. The van der Waals surface area contributed by atoms with Crippen molar-refractivity contribution in [2.45, 2.75) is 6.42 Å². The number of hydrogen-bond donors (Lipinski definition) is 0. The van der Waals surface area contributed by atoms with Gasteiger partial charge in [-0.05, 0) is 6.08 Å². The molecule has 0 aromatic heterocycles. The lowest BCUT2D eigenvalue weighted by Gasteiger charge is -1.99. The molecule has 2 aliphatic rings. The Morgan fingerprint density at radius 3 is 3.44 bits per heavy atom. The molecule has 43 valence electrons. The lowest BCUT2D eigenvalue weighted by molar-refractivity contribution is 1.37. The summed E-state index contributed by atoms with van der Waals surface area (Å²) in [6.45, 7) is 0. The number of fused-ring (bicyclic) bond motifs is 1. The molecule has 0 N–H and O–H groups in total. The van der Waals surface area contributed by atoms with Gasteiger partial charge in [-0.15, -0.1) is 0 Å². The lowest BCUT2D eigenvalue weighted by Crippen LogP contribution is -1.97. The maximum atomic E-state index is 3.94. The summed E-state index contributed by atoms with van der Waals surface area (Å²) in [6.07, 6.45) is 9.47. The van der Waals surface area contributed by atoms with Gasteiger partial charge in [0.2, 0.25) is 0 Å². The van der Waals surface area contributed by atoms with E-state index in [2.05, 4.69) is 22.4 Å². The fourth-order valence-electron chi connectivity index (χ4n) is 0.884. The molecule has 1 radical (unpaired) electrons. The van der Waals surface area contributed by atoms with E-state index in [1.165, 1.54) is 0 Å². The molecule has 2 heteroatoms. The fourth-order valence-corrected chi connectivity index (χ4v) is 0.884. The molecular weight excluding hydrogens is 112 g/mol. The Balaban J connectivity index is 2.46. The quantitative estimate of drug-likeness (QED) is 0.455. The first kappa shape index (κ1) is 4.68. The van der Waals surface area contributed by atoms with Crippen molar-refractivity contribution >= 4 is 12.1 Å². The molecule has 0 spiro atoms. The Hall–Kier alpha value is -1.18. The van der Waals surface area contributed by atoms with Crippen molar-refractivity contribution < 1.29 is 0 Å². The summed E-state index contributed by atoms with van der Waals surface area (Å²) >= 11 is 0. The van der Waals surface area contributed by atoms with Crippen LogP contribution in [0.2, 0.25) is 0 Å². The van der Waals surface area contributed by atoms with E-state index in [1.54, 1.807) is 0 Å². The van der Waals surface area contributed by atoms with Crippen LogP contribution in [0.4, 0.5) is 0 Å². The zero-order valence-electron chi connectivity index (χ0n) is 4.83. The number of nitrogens with zero attached hydrogens (tertiary/aromatic N) is 2. The molecule has 0 unspecified atom stereocenters. The third-order valence-corrected chi connectivity index (χ3v) is 1.35. The molecule has 0 saturated heterocycles. The highest BCUT2D eigenvalue weighted by atomic mass is 15.0. The number of aliphatic imine (C=N–C) groups is 2. The number of rotatable bonds is 0. The van der Waals surface area contributed by atoms with Crippen molar-refractivity contribution in [3.63, 3.8) is 0 Å². The summed E-state index contributed by atoms with van der Waals surface area (Å²) < 4.78 is 0. The first-order valence-corrected chi connectivity index (χ1v) is 2.86. The third-order valence-electron chi connectivity index (χ3n) is 1.35. The van der Waals surface area contributed by atoms with Crippen molar-refractivity contribution in [3.05, 3.63) is 23.9 Å². The zero-order valence-corrected chi connectivity index (χ0v) is 4.83. The van der Waals surface area contributed by atoms with E-state index < -0.39 is 0 Å². The van der Waals surface area contributed by atoms with Gasteiger partial charge in [-0.2, -0.15) is 0 Å². The maximum absolute atomic E-state index is 3.94. The van der Waals surface area contributed by atoms with E-state index >= 15 is 0 Å². The van der Waals surface area contributed by atoms with Gasteiger partial charge in [-0.3, -0.25) is 0 Å². The predicted molar refractivity (Wildman–Crippen MR) is 36.7 cm³/mol. The largest absolute Gasteiger partial charge is 0.228 e. The average molecular weight is 117 g/mol. The van der Waals surface area contributed by atoms with Gasteiger partial charge in [0.25, 0.3) is 0 Å². The number of allylic oxidation sites excluding steroid dienone is 4. The van der Waals surface area contributed by atoms with Crippen LogP contribution < -0.4 is 0 Å². The molecule has 0 bridgehead atoms.